The van der Waals surface area contributed by atoms with Gasteiger partial charge < -0.3 is 10.2 Å². The normalized spacial score (nSPS) is 19.6. The minimum absolute atomic E-state index is 0.260. The Morgan fingerprint density at radius 3 is 2.58 bits per heavy atom. The largest absolute Gasteiger partial charge is 0.317 e. The lowest BCUT2D eigenvalue weighted by molar-refractivity contribution is 0.0955. The van der Waals surface area contributed by atoms with Gasteiger partial charge >= 0.3 is 0 Å². The summed E-state index contributed by atoms with van der Waals surface area (Å²) >= 11 is 7.97. The maximum Gasteiger partial charge on any atom is 0.264 e. The van der Waals surface area contributed by atoms with Gasteiger partial charge in [-0.1, -0.05) is 17.7 Å². The molecule has 1 amide bonds. The topological polar surface area (TPSA) is 32.3 Å². The molecular formula is C24H21ClF2N2OS. The summed E-state index contributed by atoms with van der Waals surface area (Å²) in [6.07, 6.45) is 2.25. The van der Waals surface area contributed by atoms with Crippen molar-refractivity contribution in [2.24, 2.45) is 0 Å². The molecule has 0 radical (unpaired) electrons. The number of anilines is 1. The summed E-state index contributed by atoms with van der Waals surface area (Å²) in [5.74, 6) is -2.34. The molecule has 2 aliphatic heterocycles. The van der Waals surface area contributed by atoms with Crippen LogP contribution in [0.25, 0.3) is 0 Å². The molecule has 0 bridgehead atoms. The van der Waals surface area contributed by atoms with E-state index in [0.29, 0.717) is 17.1 Å². The molecule has 2 aliphatic rings. The number of benzene rings is 2. The van der Waals surface area contributed by atoms with Gasteiger partial charge in [0.25, 0.3) is 5.91 Å². The number of piperidine rings is 1. The summed E-state index contributed by atoms with van der Waals surface area (Å²) in [6.45, 7) is 1.62. The molecule has 1 N–H and O–H groups in total. The lowest BCUT2D eigenvalue weighted by Gasteiger charge is -2.42. The predicted octanol–water partition coefficient (Wildman–Crippen LogP) is 5.57. The molecule has 2 aromatic carbocycles. The molecule has 5 rings (SSSR count). The van der Waals surface area contributed by atoms with Gasteiger partial charge in [-0.15, -0.1) is 0 Å². The molecule has 1 aromatic heterocycles. The fourth-order valence-corrected chi connectivity index (χ4v) is 6.03. The summed E-state index contributed by atoms with van der Waals surface area (Å²) in [4.78, 5) is 15.3. The van der Waals surface area contributed by atoms with Crippen LogP contribution in [0.15, 0.2) is 53.2 Å². The summed E-state index contributed by atoms with van der Waals surface area (Å²) in [6, 6.07) is 10.8. The molecule has 1 fully saturated rings. The SMILES string of the molecule is O=C(c1c(F)cccc1F)N1c2ccc(Cl)cc2C2(CCNCC2)[C@H]1Cc1ccsc1. The van der Waals surface area contributed by atoms with Crippen LogP contribution in [0.3, 0.4) is 0 Å². The highest BCUT2D eigenvalue weighted by molar-refractivity contribution is 7.07. The van der Waals surface area contributed by atoms with E-state index >= 15 is 0 Å². The van der Waals surface area contributed by atoms with E-state index in [1.165, 1.54) is 6.07 Å². The first kappa shape index (κ1) is 20.6. The van der Waals surface area contributed by atoms with Gasteiger partial charge in [0.15, 0.2) is 0 Å². The molecule has 31 heavy (non-hydrogen) atoms. The molecule has 160 valence electrons. The van der Waals surface area contributed by atoms with E-state index in [2.05, 4.69) is 10.7 Å². The minimum Gasteiger partial charge on any atom is -0.317 e. The molecule has 3 aromatic rings. The van der Waals surface area contributed by atoms with E-state index < -0.39 is 23.1 Å². The van der Waals surface area contributed by atoms with Crippen LogP contribution >= 0.6 is 22.9 Å². The van der Waals surface area contributed by atoms with Crippen LogP contribution in [0, 0.1) is 11.6 Å². The van der Waals surface area contributed by atoms with Crippen molar-refractivity contribution in [1.82, 2.24) is 5.32 Å². The summed E-state index contributed by atoms with van der Waals surface area (Å²) in [5.41, 5.74) is 1.96. The van der Waals surface area contributed by atoms with E-state index in [9.17, 15) is 13.6 Å². The Morgan fingerprint density at radius 2 is 1.90 bits per heavy atom. The Hall–Kier alpha value is -2.28. The number of hydrogen-bond acceptors (Lipinski definition) is 3. The molecule has 0 aliphatic carbocycles. The van der Waals surface area contributed by atoms with E-state index in [0.717, 1.165) is 49.2 Å². The van der Waals surface area contributed by atoms with Gasteiger partial charge in [0.2, 0.25) is 0 Å². The zero-order valence-electron chi connectivity index (χ0n) is 16.7. The standard InChI is InChI=1S/C24H21ClF2N2OS/c25-16-4-5-20-17(13-16)24(7-9-28-10-8-24)21(12-15-6-11-31-14-15)29(20)23(30)22-18(26)2-1-3-19(22)27/h1-6,11,13-14,21,28H,7-10,12H2/t21-/m1/s1. The zero-order valence-corrected chi connectivity index (χ0v) is 18.3. The Labute approximate surface area is 188 Å². The Balaban J connectivity index is 1.70. The number of nitrogens with zero attached hydrogens (tertiary/aromatic N) is 1. The number of nitrogens with one attached hydrogen (secondary N) is 1. The van der Waals surface area contributed by atoms with E-state index in [4.69, 9.17) is 11.6 Å². The van der Waals surface area contributed by atoms with Crippen molar-refractivity contribution in [2.45, 2.75) is 30.7 Å². The zero-order chi connectivity index (χ0) is 21.6. The Bertz CT molecular complexity index is 1110. The maximum atomic E-state index is 14.6. The third-order valence-electron chi connectivity index (χ3n) is 6.60. The number of rotatable bonds is 3. The van der Waals surface area contributed by atoms with Crippen molar-refractivity contribution in [3.63, 3.8) is 0 Å². The molecule has 0 saturated carbocycles. The van der Waals surface area contributed by atoms with Gasteiger partial charge in [-0.3, -0.25) is 4.79 Å². The fourth-order valence-electron chi connectivity index (χ4n) is 5.18. The minimum atomic E-state index is -0.846. The first-order chi connectivity index (χ1) is 15.0. The Kier molecular flexibility index (Phi) is 5.32. The predicted molar refractivity (Wildman–Crippen MR) is 120 cm³/mol. The van der Waals surface area contributed by atoms with Crippen molar-refractivity contribution in [2.75, 3.05) is 18.0 Å². The first-order valence-corrected chi connectivity index (χ1v) is 11.6. The van der Waals surface area contributed by atoms with Gasteiger partial charge in [-0.2, -0.15) is 11.3 Å². The highest BCUT2D eigenvalue weighted by Crippen LogP contribution is 2.52. The van der Waals surface area contributed by atoms with Crippen LogP contribution < -0.4 is 10.2 Å². The van der Waals surface area contributed by atoms with E-state index in [-0.39, 0.29) is 11.5 Å². The molecule has 1 spiro atoms. The maximum absolute atomic E-state index is 14.6. The highest BCUT2D eigenvalue weighted by atomic mass is 35.5. The lowest BCUT2D eigenvalue weighted by atomic mass is 9.68. The van der Waals surface area contributed by atoms with Gasteiger partial charge in [0, 0.05) is 16.1 Å². The Morgan fingerprint density at radius 1 is 1.16 bits per heavy atom. The van der Waals surface area contributed by atoms with Crippen LogP contribution in [0.1, 0.15) is 34.3 Å². The second kappa shape index (κ2) is 8.01. The number of hydrogen-bond donors (Lipinski definition) is 1. The summed E-state index contributed by atoms with van der Waals surface area (Å²) < 4.78 is 29.2. The third kappa shape index (κ3) is 3.37. The van der Waals surface area contributed by atoms with Crippen molar-refractivity contribution in [3.05, 3.63) is 86.6 Å². The van der Waals surface area contributed by atoms with E-state index in [1.54, 1.807) is 22.3 Å². The number of fused-ring (bicyclic) bond motifs is 2. The first-order valence-electron chi connectivity index (χ1n) is 10.3. The lowest BCUT2D eigenvalue weighted by Crippen LogP contribution is -2.53. The van der Waals surface area contributed by atoms with Crippen LogP contribution in [0.2, 0.25) is 5.02 Å². The van der Waals surface area contributed by atoms with Crippen molar-refractivity contribution in [3.8, 4) is 0 Å². The number of halogens is 3. The second-order valence-corrected chi connectivity index (χ2v) is 9.41. The fraction of sp³-hybridized carbons (Fsp3) is 0.292. The van der Waals surface area contributed by atoms with Gasteiger partial charge in [0.05, 0.1) is 6.04 Å². The average Bonchev–Trinajstić information content (AvgIpc) is 3.35. The van der Waals surface area contributed by atoms with E-state index in [1.807, 2.05) is 23.6 Å². The van der Waals surface area contributed by atoms with Crippen LogP contribution in [0.4, 0.5) is 14.5 Å². The number of carbonyl (C=O) groups is 1. The number of carbonyl (C=O) groups excluding carboxylic acids is 1. The quantitative estimate of drug-likeness (QED) is 0.556. The summed E-state index contributed by atoms with van der Waals surface area (Å²) in [7, 11) is 0. The van der Waals surface area contributed by atoms with Crippen LogP contribution in [0.5, 0.6) is 0 Å². The smallest absolute Gasteiger partial charge is 0.264 e. The molecule has 3 heterocycles. The monoisotopic (exact) mass is 458 g/mol. The highest BCUT2D eigenvalue weighted by Gasteiger charge is 2.53. The average molecular weight is 459 g/mol. The second-order valence-electron chi connectivity index (χ2n) is 8.19. The van der Waals surface area contributed by atoms with Crippen molar-refractivity contribution in [1.29, 1.82) is 0 Å². The number of thiophene rings is 1. The molecule has 7 heteroatoms. The van der Waals surface area contributed by atoms with Crippen LogP contribution in [-0.2, 0) is 11.8 Å². The van der Waals surface area contributed by atoms with Gasteiger partial charge in [-0.25, -0.2) is 8.78 Å². The van der Waals surface area contributed by atoms with Gasteiger partial charge in [-0.05, 0) is 90.6 Å². The van der Waals surface area contributed by atoms with Crippen molar-refractivity contribution >= 4 is 34.5 Å². The molecule has 1 saturated heterocycles. The van der Waals surface area contributed by atoms with Crippen LogP contribution in [-0.4, -0.2) is 25.0 Å². The number of amides is 1. The third-order valence-corrected chi connectivity index (χ3v) is 7.57. The molecule has 1 atom stereocenters. The molecule has 3 nitrogen and oxygen atoms in total. The molecular weight excluding hydrogens is 438 g/mol. The summed E-state index contributed by atoms with van der Waals surface area (Å²) in [5, 5.41) is 8.07. The molecule has 0 unspecified atom stereocenters. The van der Waals surface area contributed by atoms with Gasteiger partial charge in [0.1, 0.15) is 17.2 Å². The van der Waals surface area contributed by atoms with Crippen molar-refractivity contribution < 1.29 is 13.6 Å².